The monoisotopic (exact) mass is 987 g/mol. The third-order valence-electron chi connectivity index (χ3n) is 10.9. The van der Waals surface area contributed by atoms with Crippen LogP contribution in [0.4, 0.5) is 0 Å². The van der Waals surface area contributed by atoms with E-state index in [1.54, 1.807) is 0 Å². The Balaban J connectivity index is 3.60. The molecule has 398 valence electrons. The van der Waals surface area contributed by atoms with Crippen molar-refractivity contribution in [3.05, 3.63) is 0 Å². The van der Waals surface area contributed by atoms with Gasteiger partial charge in [-0.3, -0.25) is 0 Å². The minimum absolute atomic E-state index is 0.378. The molecular weight excluding hydrogens is 881 g/mol. The first-order valence-corrected chi connectivity index (χ1v) is 29.6. The maximum Gasteiger partial charge on any atom is 0.501 e. The van der Waals surface area contributed by atoms with Gasteiger partial charge in [0.2, 0.25) is 0 Å². The summed E-state index contributed by atoms with van der Waals surface area (Å²) in [7, 11) is -2.90. The van der Waals surface area contributed by atoms with E-state index in [0.717, 1.165) is 38.2 Å². The van der Waals surface area contributed by atoms with E-state index in [2.05, 4.69) is 26.5 Å². The van der Waals surface area contributed by atoms with Gasteiger partial charge in [-0.15, -0.1) is 0 Å². The molecule has 0 aliphatic carbocycles. The van der Waals surface area contributed by atoms with Crippen molar-refractivity contribution in [1.82, 2.24) is 0 Å². The minimum atomic E-state index is -2.90. The van der Waals surface area contributed by atoms with Gasteiger partial charge in [0.15, 0.2) is 0 Å². The van der Waals surface area contributed by atoms with Gasteiger partial charge in [-0.25, -0.2) is 0 Å². The summed E-state index contributed by atoms with van der Waals surface area (Å²) in [5.74, 6) is 0.729. The highest BCUT2D eigenvalue weighted by atomic mass is 32.1. The molecule has 0 saturated heterocycles. The van der Waals surface area contributed by atoms with Crippen LogP contribution in [-0.2, 0) is 60.6 Å². The topological polar surface area (TPSA) is 120 Å². The maximum atomic E-state index is 6.23. The van der Waals surface area contributed by atoms with Crippen molar-refractivity contribution in [2.75, 3.05) is 158 Å². The average molecular weight is 988 g/mol. The SMILES string of the molecule is CCCCCCCCCCCCCOCCOCCOCCOCCOCCO[Si](CCCS)(OCC)OCCOCCOCCOCCOCCOCCCCCCCCCCCCC. The van der Waals surface area contributed by atoms with Crippen molar-refractivity contribution in [2.45, 2.75) is 174 Å². The summed E-state index contributed by atoms with van der Waals surface area (Å²) in [4.78, 5) is 0. The molecule has 0 heterocycles. The van der Waals surface area contributed by atoms with Crippen LogP contribution < -0.4 is 0 Å². The lowest BCUT2D eigenvalue weighted by molar-refractivity contribution is -0.0218. The molecule has 0 saturated carbocycles. The molecule has 0 spiro atoms. The number of hydrogen-bond acceptors (Lipinski definition) is 14. The van der Waals surface area contributed by atoms with Gasteiger partial charge in [0.05, 0.1) is 132 Å². The second-order valence-electron chi connectivity index (χ2n) is 16.8. The Hall–Kier alpha value is 0.0469. The molecule has 0 rings (SSSR count). The Labute approximate surface area is 412 Å². The average Bonchev–Trinajstić information content (AvgIpc) is 3.32. The van der Waals surface area contributed by atoms with E-state index < -0.39 is 8.80 Å². The van der Waals surface area contributed by atoms with E-state index in [1.807, 2.05) is 6.92 Å². The summed E-state index contributed by atoms with van der Waals surface area (Å²) in [5.41, 5.74) is 0. The fourth-order valence-corrected chi connectivity index (χ4v) is 10.0. The van der Waals surface area contributed by atoms with Gasteiger partial charge in [0.25, 0.3) is 0 Å². The molecule has 0 fully saturated rings. The zero-order chi connectivity index (χ0) is 47.6. The van der Waals surface area contributed by atoms with Gasteiger partial charge < -0.3 is 60.6 Å². The largest absolute Gasteiger partial charge is 0.501 e. The van der Waals surface area contributed by atoms with E-state index in [1.165, 1.54) is 128 Å². The third-order valence-corrected chi connectivity index (χ3v) is 14.2. The molecule has 0 bridgehead atoms. The van der Waals surface area contributed by atoms with Gasteiger partial charge in [-0.2, -0.15) is 12.6 Å². The van der Waals surface area contributed by atoms with E-state index in [0.29, 0.717) is 145 Å². The Morgan fingerprint density at radius 1 is 0.242 bits per heavy atom. The Morgan fingerprint density at radius 3 is 0.712 bits per heavy atom. The van der Waals surface area contributed by atoms with Crippen LogP contribution in [0.15, 0.2) is 0 Å². The minimum Gasteiger partial charge on any atom is -0.379 e. The normalized spacial score (nSPS) is 12.0. The Bertz CT molecular complexity index is 814. The lowest BCUT2D eigenvalue weighted by atomic mass is 10.1. The first-order chi connectivity index (χ1) is 32.7. The first-order valence-electron chi connectivity index (χ1n) is 27.0. The van der Waals surface area contributed by atoms with Crippen LogP contribution in [0.1, 0.15) is 168 Å². The molecule has 0 aliphatic rings. The predicted molar refractivity (Wildman–Crippen MR) is 274 cm³/mol. The Kier molecular flexibility index (Phi) is 59.4. The molecule has 13 nitrogen and oxygen atoms in total. The molecule has 0 atom stereocenters. The highest BCUT2D eigenvalue weighted by molar-refractivity contribution is 7.80. The van der Waals surface area contributed by atoms with Crippen molar-refractivity contribution in [3.63, 3.8) is 0 Å². The number of rotatable bonds is 61. The van der Waals surface area contributed by atoms with E-state index in [9.17, 15) is 0 Å². The van der Waals surface area contributed by atoms with Crippen molar-refractivity contribution >= 4 is 21.4 Å². The lowest BCUT2D eigenvalue weighted by Crippen LogP contribution is -2.47. The molecular formula is C51H106O13SSi. The fraction of sp³-hybridized carbons (Fsp3) is 1.00. The van der Waals surface area contributed by atoms with Crippen molar-refractivity contribution < 1.29 is 60.6 Å². The highest BCUT2D eigenvalue weighted by Crippen LogP contribution is 2.19. The second kappa shape index (κ2) is 59.4. The van der Waals surface area contributed by atoms with Crippen LogP contribution in [0.2, 0.25) is 6.04 Å². The summed E-state index contributed by atoms with van der Waals surface area (Å²) in [6.45, 7) is 18.9. The molecule has 15 heteroatoms. The van der Waals surface area contributed by atoms with Crippen LogP contribution in [-0.4, -0.2) is 167 Å². The van der Waals surface area contributed by atoms with Crippen LogP contribution >= 0.6 is 12.6 Å². The van der Waals surface area contributed by atoms with Gasteiger partial charge >= 0.3 is 8.80 Å². The smallest absolute Gasteiger partial charge is 0.379 e. The van der Waals surface area contributed by atoms with Crippen LogP contribution in [0, 0.1) is 0 Å². The molecule has 0 amide bonds. The highest BCUT2D eigenvalue weighted by Gasteiger charge is 2.40. The second-order valence-corrected chi connectivity index (χ2v) is 20.0. The molecule has 0 unspecified atom stereocenters. The van der Waals surface area contributed by atoms with Crippen molar-refractivity contribution in [3.8, 4) is 0 Å². The Morgan fingerprint density at radius 2 is 0.470 bits per heavy atom. The first kappa shape index (κ1) is 66.0. The van der Waals surface area contributed by atoms with Gasteiger partial charge in [-0.05, 0) is 31.9 Å². The molecule has 0 aliphatic heterocycles. The quantitative estimate of drug-likeness (QED) is 0.0354. The predicted octanol–water partition coefficient (Wildman–Crippen LogP) is 11.1. The van der Waals surface area contributed by atoms with Crippen LogP contribution in [0.5, 0.6) is 0 Å². The van der Waals surface area contributed by atoms with E-state index in [-0.39, 0.29) is 0 Å². The number of thiol groups is 1. The number of hydrogen-bond donors (Lipinski definition) is 1. The number of ether oxygens (including phenoxy) is 10. The van der Waals surface area contributed by atoms with E-state index in [4.69, 9.17) is 60.6 Å². The number of unbranched alkanes of at least 4 members (excludes halogenated alkanes) is 20. The third kappa shape index (κ3) is 53.4. The van der Waals surface area contributed by atoms with Crippen LogP contribution in [0.3, 0.4) is 0 Å². The van der Waals surface area contributed by atoms with E-state index >= 15 is 0 Å². The van der Waals surface area contributed by atoms with Gasteiger partial charge in [-0.1, -0.05) is 142 Å². The zero-order valence-corrected chi connectivity index (χ0v) is 45.1. The maximum absolute atomic E-state index is 6.23. The molecule has 66 heavy (non-hydrogen) atoms. The summed E-state index contributed by atoms with van der Waals surface area (Å²) >= 11 is 4.40. The standard InChI is InChI=1S/C51H106O13SSi/c1-4-7-9-11-13-15-17-19-21-23-25-28-52-30-32-54-34-36-56-38-40-58-42-44-60-46-48-63-66(62-6-3,51-27-50-65)64-49-47-61-45-43-59-41-39-57-37-35-55-33-31-53-29-26-24-22-20-18-16-14-12-10-8-5-2/h65H,4-51H2,1-3H3. The van der Waals surface area contributed by atoms with Gasteiger partial charge in [0.1, 0.15) is 0 Å². The summed E-state index contributed by atoms with van der Waals surface area (Å²) in [6.07, 6.45) is 30.5. The van der Waals surface area contributed by atoms with Crippen molar-refractivity contribution in [2.24, 2.45) is 0 Å². The summed E-state index contributed by atoms with van der Waals surface area (Å²) in [5, 5.41) is 0. The molecule has 0 aromatic rings. The fourth-order valence-electron chi connectivity index (χ4n) is 7.07. The molecule has 0 N–H and O–H groups in total. The molecule has 0 aromatic carbocycles. The molecule has 0 radical (unpaired) electrons. The zero-order valence-electron chi connectivity index (χ0n) is 43.2. The molecule has 0 aromatic heterocycles. The van der Waals surface area contributed by atoms with Crippen LogP contribution in [0.25, 0.3) is 0 Å². The van der Waals surface area contributed by atoms with Crippen molar-refractivity contribution in [1.29, 1.82) is 0 Å². The summed E-state index contributed by atoms with van der Waals surface area (Å²) < 4.78 is 75.1. The van der Waals surface area contributed by atoms with Gasteiger partial charge in [0, 0.05) is 25.9 Å². The summed E-state index contributed by atoms with van der Waals surface area (Å²) in [6, 6.07) is 0.688. The lowest BCUT2D eigenvalue weighted by Gasteiger charge is -2.29.